The lowest BCUT2D eigenvalue weighted by Crippen LogP contribution is -2.38. The summed E-state index contributed by atoms with van der Waals surface area (Å²) in [6.07, 6.45) is 5.18. The van der Waals surface area contributed by atoms with Crippen molar-refractivity contribution >= 4 is 11.6 Å². The number of aliphatic hydroxyl groups is 1. The van der Waals surface area contributed by atoms with E-state index in [0.29, 0.717) is 36.3 Å². The van der Waals surface area contributed by atoms with Gasteiger partial charge in [0.2, 0.25) is 0 Å². The van der Waals surface area contributed by atoms with Crippen LogP contribution in [-0.4, -0.2) is 30.5 Å². The molecule has 116 valence electrons. The first-order valence-electron chi connectivity index (χ1n) is 7.73. The Bertz CT molecular complexity index is 495. The second-order valence-corrected chi connectivity index (χ2v) is 6.20. The Morgan fingerprint density at radius 3 is 2.86 bits per heavy atom. The SMILES string of the molecule is OC1CCCCCC1NCc1cc(Cl)c2c(c1)OCCO2. The van der Waals surface area contributed by atoms with Gasteiger partial charge in [-0.05, 0) is 30.5 Å². The summed E-state index contributed by atoms with van der Waals surface area (Å²) in [4.78, 5) is 0. The molecule has 1 saturated carbocycles. The van der Waals surface area contributed by atoms with E-state index in [9.17, 15) is 5.11 Å². The van der Waals surface area contributed by atoms with Crippen LogP contribution in [0.5, 0.6) is 11.5 Å². The fourth-order valence-electron chi connectivity index (χ4n) is 3.04. The third kappa shape index (κ3) is 3.62. The number of hydrogen-bond donors (Lipinski definition) is 2. The van der Waals surface area contributed by atoms with E-state index in [1.165, 1.54) is 12.8 Å². The van der Waals surface area contributed by atoms with E-state index >= 15 is 0 Å². The molecule has 0 radical (unpaired) electrons. The van der Waals surface area contributed by atoms with E-state index in [2.05, 4.69) is 5.32 Å². The second kappa shape index (κ2) is 6.86. The molecule has 1 aliphatic carbocycles. The highest BCUT2D eigenvalue weighted by molar-refractivity contribution is 6.32. The molecule has 3 rings (SSSR count). The third-order valence-corrected chi connectivity index (χ3v) is 4.49. The first-order valence-corrected chi connectivity index (χ1v) is 8.11. The van der Waals surface area contributed by atoms with Crippen molar-refractivity contribution in [3.63, 3.8) is 0 Å². The standard InChI is InChI=1S/C16H22ClNO3/c17-12-8-11(9-15-16(12)21-7-6-20-15)10-18-13-4-2-1-3-5-14(13)19/h8-9,13-14,18-19H,1-7,10H2. The molecular formula is C16H22ClNO3. The summed E-state index contributed by atoms with van der Waals surface area (Å²) in [6.45, 7) is 1.78. The van der Waals surface area contributed by atoms with Crippen molar-refractivity contribution in [3.8, 4) is 11.5 Å². The molecule has 1 fully saturated rings. The normalized spacial score (nSPS) is 25.4. The van der Waals surface area contributed by atoms with Crippen LogP contribution in [0.15, 0.2) is 12.1 Å². The lowest BCUT2D eigenvalue weighted by Gasteiger charge is -2.23. The maximum Gasteiger partial charge on any atom is 0.179 e. The quantitative estimate of drug-likeness (QED) is 0.843. The van der Waals surface area contributed by atoms with Gasteiger partial charge in [0.1, 0.15) is 13.2 Å². The molecule has 2 N–H and O–H groups in total. The summed E-state index contributed by atoms with van der Waals surface area (Å²) in [5.41, 5.74) is 1.06. The van der Waals surface area contributed by atoms with Crippen LogP contribution in [-0.2, 0) is 6.54 Å². The molecule has 2 atom stereocenters. The van der Waals surface area contributed by atoms with Crippen molar-refractivity contribution in [1.29, 1.82) is 0 Å². The fourth-order valence-corrected chi connectivity index (χ4v) is 3.33. The highest BCUT2D eigenvalue weighted by Gasteiger charge is 2.22. The average Bonchev–Trinajstić information content (AvgIpc) is 2.70. The molecule has 0 spiro atoms. The molecule has 0 amide bonds. The minimum atomic E-state index is -0.250. The fraction of sp³-hybridized carbons (Fsp3) is 0.625. The predicted molar refractivity (Wildman–Crippen MR) is 82.2 cm³/mol. The summed E-state index contributed by atoms with van der Waals surface area (Å²) < 4.78 is 11.1. The number of rotatable bonds is 3. The Hall–Kier alpha value is -0.970. The molecule has 1 heterocycles. The minimum Gasteiger partial charge on any atom is -0.486 e. The summed E-state index contributed by atoms with van der Waals surface area (Å²) in [5, 5.41) is 14.2. The maximum absolute atomic E-state index is 10.1. The van der Waals surface area contributed by atoms with Crippen molar-refractivity contribution in [2.24, 2.45) is 0 Å². The van der Waals surface area contributed by atoms with Gasteiger partial charge in [-0.1, -0.05) is 30.9 Å². The summed E-state index contributed by atoms with van der Waals surface area (Å²) in [6, 6.07) is 4.04. The van der Waals surface area contributed by atoms with E-state index in [1.54, 1.807) is 0 Å². The van der Waals surface area contributed by atoms with Crippen LogP contribution in [0.3, 0.4) is 0 Å². The Balaban J connectivity index is 1.66. The summed E-state index contributed by atoms with van der Waals surface area (Å²) in [5.74, 6) is 1.35. The molecule has 21 heavy (non-hydrogen) atoms. The molecule has 2 aliphatic rings. The molecule has 0 aromatic heterocycles. The minimum absolute atomic E-state index is 0.166. The van der Waals surface area contributed by atoms with Crippen LogP contribution in [0.2, 0.25) is 5.02 Å². The van der Waals surface area contributed by atoms with Gasteiger partial charge in [0.15, 0.2) is 11.5 Å². The Labute approximate surface area is 130 Å². The number of aliphatic hydroxyl groups excluding tert-OH is 1. The van der Waals surface area contributed by atoms with Crippen LogP contribution in [0.4, 0.5) is 0 Å². The second-order valence-electron chi connectivity index (χ2n) is 5.79. The molecule has 5 heteroatoms. The van der Waals surface area contributed by atoms with Crippen LogP contribution in [0, 0.1) is 0 Å². The van der Waals surface area contributed by atoms with E-state index in [4.69, 9.17) is 21.1 Å². The smallest absolute Gasteiger partial charge is 0.179 e. The molecular weight excluding hydrogens is 290 g/mol. The van der Waals surface area contributed by atoms with E-state index < -0.39 is 0 Å². The average molecular weight is 312 g/mol. The zero-order chi connectivity index (χ0) is 14.7. The first-order chi connectivity index (χ1) is 10.2. The van der Waals surface area contributed by atoms with E-state index in [0.717, 1.165) is 24.8 Å². The van der Waals surface area contributed by atoms with Crippen LogP contribution >= 0.6 is 11.6 Å². The molecule has 4 nitrogen and oxygen atoms in total. The molecule has 2 unspecified atom stereocenters. The van der Waals surface area contributed by atoms with Gasteiger partial charge in [-0.15, -0.1) is 0 Å². The van der Waals surface area contributed by atoms with Crippen molar-refractivity contribution < 1.29 is 14.6 Å². The summed E-state index contributed by atoms with van der Waals surface area (Å²) >= 11 is 6.24. The van der Waals surface area contributed by atoms with Crippen molar-refractivity contribution in [2.75, 3.05) is 13.2 Å². The Morgan fingerprint density at radius 2 is 1.95 bits per heavy atom. The molecule has 0 bridgehead atoms. The van der Waals surface area contributed by atoms with E-state index in [-0.39, 0.29) is 12.1 Å². The lowest BCUT2D eigenvalue weighted by atomic mass is 10.1. The van der Waals surface area contributed by atoms with Crippen LogP contribution in [0.25, 0.3) is 0 Å². The van der Waals surface area contributed by atoms with Crippen LogP contribution in [0.1, 0.15) is 37.7 Å². The zero-order valence-corrected chi connectivity index (χ0v) is 12.9. The number of hydrogen-bond acceptors (Lipinski definition) is 4. The number of nitrogens with one attached hydrogen (secondary N) is 1. The number of halogens is 1. The van der Waals surface area contributed by atoms with Gasteiger partial charge in [0.25, 0.3) is 0 Å². The Kier molecular flexibility index (Phi) is 4.88. The van der Waals surface area contributed by atoms with Gasteiger partial charge in [-0.2, -0.15) is 0 Å². The lowest BCUT2D eigenvalue weighted by molar-refractivity contribution is 0.119. The zero-order valence-electron chi connectivity index (χ0n) is 12.1. The van der Waals surface area contributed by atoms with Gasteiger partial charge in [0.05, 0.1) is 11.1 Å². The number of fused-ring (bicyclic) bond motifs is 1. The van der Waals surface area contributed by atoms with Crippen molar-refractivity contribution in [2.45, 2.75) is 50.8 Å². The van der Waals surface area contributed by atoms with Gasteiger partial charge in [-0.25, -0.2) is 0 Å². The molecule has 1 aliphatic heterocycles. The van der Waals surface area contributed by atoms with Crippen LogP contribution < -0.4 is 14.8 Å². The van der Waals surface area contributed by atoms with Gasteiger partial charge in [0, 0.05) is 12.6 Å². The van der Waals surface area contributed by atoms with Crippen molar-refractivity contribution in [1.82, 2.24) is 5.32 Å². The topological polar surface area (TPSA) is 50.7 Å². The summed E-state index contributed by atoms with van der Waals surface area (Å²) in [7, 11) is 0. The van der Waals surface area contributed by atoms with E-state index in [1.807, 2.05) is 12.1 Å². The molecule has 1 aromatic rings. The van der Waals surface area contributed by atoms with Gasteiger partial charge < -0.3 is 19.9 Å². The third-order valence-electron chi connectivity index (χ3n) is 4.20. The predicted octanol–water partition coefficient (Wildman–Crippen LogP) is 2.89. The highest BCUT2D eigenvalue weighted by atomic mass is 35.5. The van der Waals surface area contributed by atoms with Gasteiger partial charge in [-0.3, -0.25) is 0 Å². The van der Waals surface area contributed by atoms with Gasteiger partial charge >= 0.3 is 0 Å². The Morgan fingerprint density at radius 1 is 1.14 bits per heavy atom. The number of benzene rings is 1. The van der Waals surface area contributed by atoms with Crippen molar-refractivity contribution in [3.05, 3.63) is 22.7 Å². The highest BCUT2D eigenvalue weighted by Crippen LogP contribution is 2.38. The largest absolute Gasteiger partial charge is 0.486 e. The molecule has 0 saturated heterocycles. The molecule has 1 aromatic carbocycles. The monoisotopic (exact) mass is 311 g/mol. The number of ether oxygens (including phenoxy) is 2. The maximum atomic E-state index is 10.1. The first kappa shape index (κ1) is 14.9.